The van der Waals surface area contributed by atoms with Gasteiger partial charge in [0.1, 0.15) is 5.75 Å². The normalized spacial score (nSPS) is 9.90. The van der Waals surface area contributed by atoms with Crippen LogP contribution in [0.2, 0.25) is 5.02 Å². The summed E-state index contributed by atoms with van der Waals surface area (Å²) in [7, 11) is 1.70. The number of amides is 2. The van der Waals surface area contributed by atoms with Gasteiger partial charge in [0.15, 0.2) is 6.73 Å². The zero-order valence-corrected chi connectivity index (χ0v) is 11.8. The molecule has 0 aromatic heterocycles. The number of urea groups is 1. The van der Waals surface area contributed by atoms with Crippen LogP contribution in [0.5, 0.6) is 5.75 Å². The van der Waals surface area contributed by atoms with Crippen molar-refractivity contribution in [1.29, 1.82) is 0 Å². The smallest absolute Gasteiger partial charge is 0.324 e. The highest BCUT2D eigenvalue weighted by molar-refractivity contribution is 6.30. The van der Waals surface area contributed by atoms with Crippen LogP contribution in [0, 0.1) is 0 Å². The summed E-state index contributed by atoms with van der Waals surface area (Å²) in [5.41, 5.74) is 0.816. The Morgan fingerprint density at radius 3 is 2.45 bits per heavy atom. The monoisotopic (exact) mass is 290 g/mol. The molecule has 0 spiro atoms. The molecule has 0 aliphatic rings. The number of halogens is 1. The SMILES string of the molecule is CN(C(=O)NCOc1ccc(Cl)cc1)c1ccccc1. The second-order valence-electron chi connectivity index (χ2n) is 4.12. The quantitative estimate of drug-likeness (QED) is 0.875. The highest BCUT2D eigenvalue weighted by Crippen LogP contribution is 2.15. The molecule has 2 aromatic rings. The van der Waals surface area contributed by atoms with Crippen molar-refractivity contribution in [2.45, 2.75) is 0 Å². The van der Waals surface area contributed by atoms with Crippen molar-refractivity contribution in [3.8, 4) is 5.75 Å². The fourth-order valence-electron chi connectivity index (χ4n) is 1.60. The first-order chi connectivity index (χ1) is 9.66. The minimum atomic E-state index is -0.231. The third-order valence-corrected chi connectivity index (χ3v) is 2.98. The van der Waals surface area contributed by atoms with Gasteiger partial charge in [-0.1, -0.05) is 29.8 Å². The first-order valence-corrected chi connectivity index (χ1v) is 6.49. The van der Waals surface area contributed by atoms with Crippen LogP contribution in [0.4, 0.5) is 10.5 Å². The first kappa shape index (κ1) is 14.2. The number of carbonyl (C=O) groups excluding carboxylic acids is 1. The third-order valence-electron chi connectivity index (χ3n) is 2.72. The van der Waals surface area contributed by atoms with E-state index in [1.165, 1.54) is 4.90 Å². The van der Waals surface area contributed by atoms with Crippen LogP contribution in [0.25, 0.3) is 0 Å². The average Bonchev–Trinajstić information content (AvgIpc) is 2.49. The van der Waals surface area contributed by atoms with E-state index in [4.69, 9.17) is 16.3 Å². The van der Waals surface area contributed by atoms with E-state index in [1.54, 1.807) is 31.3 Å². The van der Waals surface area contributed by atoms with Crippen molar-refractivity contribution in [3.05, 3.63) is 59.6 Å². The summed E-state index contributed by atoms with van der Waals surface area (Å²) in [6.45, 7) is 0.0949. The molecule has 0 saturated carbocycles. The molecule has 0 aliphatic heterocycles. The van der Waals surface area contributed by atoms with Crippen LogP contribution in [0.3, 0.4) is 0 Å². The Kier molecular flexibility index (Phi) is 4.85. The van der Waals surface area contributed by atoms with Crippen molar-refractivity contribution >= 4 is 23.3 Å². The molecule has 2 rings (SSSR count). The second kappa shape index (κ2) is 6.82. The molecule has 4 nitrogen and oxygen atoms in total. The number of benzene rings is 2. The predicted octanol–water partition coefficient (Wildman–Crippen LogP) is 3.52. The van der Waals surface area contributed by atoms with Crippen molar-refractivity contribution in [2.24, 2.45) is 0 Å². The predicted molar refractivity (Wildman–Crippen MR) is 80.3 cm³/mol. The Labute approximate surface area is 122 Å². The zero-order valence-electron chi connectivity index (χ0n) is 11.0. The van der Waals surface area contributed by atoms with Crippen LogP contribution in [-0.2, 0) is 0 Å². The largest absolute Gasteiger partial charge is 0.473 e. The van der Waals surface area contributed by atoms with Gasteiger partial charge in [-0.3, -0.25) is 4.90 Å². The zero-order chi connectivity index (χ0) is 14.4. The molecule has 5 heteroatoms. The number of nitrogens with one attached hydrogen (secondary N) is 1. The van der Waals surface area contributed by atoms with Gasteiger partial charge < -0.3 is 10.1 Å². The standard InChI is InChI=1S/C15H15ClN2O2/c1-18(13-5-3-2-4-6-13)15(19)17-11-20-14-9-7-12(16)8-10-14/h2-10H,11H2,1H3,(H,17,19). The van der Waals surface area contributed by atoms with Gasteiger partial charge in [-0.05, 0) is 36.4 Å². The molecule has 2 amide bonds. The number of ether oxygens (including phenoxy) is 1. The lowest BCUT2D eigenvalue weighted by molar-refractivity contribution is 0.230. The molecule has 1 N–H and O–H groups in total. The molecule has 0 bridgehead atoms. The summed E-state index contributed by atoms with van der Waals surface area (Å²) >= 11 is 5.77. The van der Waals surface area contributed by atoms with E-state index < -0.39 is 0 Å². The molecular weight excluding hydrogens is 276 g/mol. The summed E-state index contributed by atoms with van der Waals surface area (Å²) in [5.74, 6) is 0.650. The minimum absolute atomic E-state index is 0.0949. The van der Waals surface area contributed by atoms with Crippen LogP contribution < -0.4 is 15.0 Å². The molecule has 0 radical (unpaired) electrons. The molecule has 20 heavy (non-hydrogen) atoms. The maximum atomic E-state index is 11.9. The van der Waals surface area contributed by atoms with Crippen molar-refractivity contribution in [3.63, 3.8) is 0 Å². The van der Waals surface area contributed by atoms with E-state index in [9.17, 15) is 4.79 Å². The molecule has 2 aromatic carbocycles. The van der Waals surface area contributed by atoms with E-state index in [-0.39, 0.29) is 12.8 Å². The van der Waals surface area contributed by atoms with Gasteiger partial charge in [-0.25, -0.2) is 4.79 Å². The molecule has 104 valence electrons. The van der Waals surface area contributed by atoms with Crippen molar-refractivity contribution in [2.75, 3.05) is 18.7 Å². The number of hydrogen-bond donors (Lipinski definition) is 1. The molecule has 0 heterocycles. The Morgan fingerprint density at radius 1 is 1.15 bits per heavy atom. The van der Waals surface area contributed by atoms with E-state index in [0.717, 1.165) is 5.69 Å². The van der Waals surface area contributed by atoms with E-state index in [1.807, 2.05) is 30.3 Å². The van der Waals surface area contributed by atoms with Gasteiger partial charge in [-0.15, -0.1) is 0 Å². The van der Waals surface area contributed by atoms with E-state index in [2.05, 4.69) is 5.32 Å². The number of hydrogen-bond acceptors (Lipinski definition) is 2. The Morgan fingerprint density at radius 2 is 1.80 bits per heavy atom. The van der Waals surface area contributed by atoms with E-state index >= 15 is 0 Å². The molecule has 0 aliphatic carbocycles. The van der Waals surface area contributed by atoms with Crippen LogP contribution in [0.15, 0.2) is 54.6 Å². The molecular formula is C15H15ClN2O2. The summed E-state index contributed by atoms with van der Waals surface area (Å²) in [5, 5.41) is 3.32. The number of nitrogens with zero attached hydrogens (tertiary/aromatic N) is 1. The summed E-state index contributed by atoms with van der Waals surface area (Å²) in [6.07, 6.45) is 0. The van der Waals surface area contributed by atoms with Gasteiger partial charge >= 0.3 is 6.03 Å². The second-order valence-corrected chi connectivity index (χ2v) is 4.56. The maximum Gasteiger partial charge on any atom is 0.324 e. The Bertz CT molecular complexity index is 558. The fourth-order valence-corrected chi connectivity index (χ4v) is 1.73. The number of anilines is 1. The van der Waals surface area contributed by atoms with Gasteiger partial charge in [-0.2, -0.15) is 0 Å². The van der Waals surface area contributed by atoms with Gasteiger partial charge in [0.25, 0.3) is 0 Å². The summed E-state index contributed by atoms with van der Waals surface area (Å²) < 4.78 is 5.40. The van der Waals surface area contributed by atoms with Gasteiger partial charge in [0, 0.05) is 17.8 Å². The topological polar surface area (TPSA) is 41.6 Å². The average molecular weight is 291 g/mol. The highest BCUT2D eigenvalue weighted by atomic mass is 35.5. The summed E-state index contributed by atoms with van der Waals surface area (Å²) in [6, 6.07) is 16.1. The first-order valence-electron chi connectivity index (χ1n) is 6.12. The van der Waals surface area contributed by atoms with Crippen LogP contribution in [0.1, 0.15) is 0 Å². The number of para-hydroxylation sites is 1. The van der Waals surface area contributed by atoms with Crippen LogP contribution in [-0.4, -0.2) is 19.8 Å². The number of carbonyl (C=O) groups is 1. The minimum Gasteiger partial charge on any atom is -0.473 e. The molecule has 0 fully saturated rings. The van der Waals surface area contributed by atoms with E-state index in [0.29, 0.717) is 10.8 Å². The third kappa shape index (κ3) is 3.90. The Hall–Kier alpha value is -2.20. The lowest BCUT2D eigenvalue weighted by Crippen LogP contribution is -2.39. The van der Waals surface area contributed by atoms with Crippen molar-refractivity contribution < 1.29 is 9.53 Å². The molecule has 0 unspecified atom stereocenters. The maximum absolute atomic E-state index is 11.9. The fraction of sp³-hybridized carbons (Fsp3) is 0.133. The number of rotatable bonds is 4. The molecule has 0 atom stereocenters. The van der Waals surface area contributed by atoms with Gasteiger partial charge in [0.05, 0.1) is 0 Å². The molecule has 0 saturated heterocycles. The van der Waals surface area contributed by atoms with Crippen LogP contribution >= 0.6 is 11.6 Å². The lowest BCUT2D eigenvalue weighted by Gasteiger charge is -2.18. The lowest BCUT2D eigenvalue weighted by atomic mass is 10.3. The van der Waals surface area contributed by atoms with Gasteiger partial charge in [0.2, 0.25) is 0 Å². The summed E-state index contributed by atoms with van der Waals surface area (Å²) in [4.78, 5) is 13.4. The Balaban J connectivity index is 1.82. The highest BCUT2D eigenvalue weighted by Gasteiger charge is 2.09. The van der Waals surface area contributed by atoms with Crippen molar-refractivity contribution in [1.82, 2.24) is 5.32 Å².